The second kappa shape index (κ2) is 10.5. The summed E-state index contributed by atoms with van der Waals surface area (Å²) in [6, 6.07) is 0. The monoisotopic (exact) mass is 545 g/mol. The number of esters is 1. The second-order valence-corrected chi connectivity index (χ2v) is 13.6. The highest BCUT2D eigenvalue weighted by Gasteiger charge is 2.62. The third-order valence-electron chi connectivity index (χ3n) is 10.9. The van der Waals surface area contributed by atoms with Gasteiger partial charge in [-0.15, -0.1) is 0 Å². The van der Waals surface area contributed by atoms with E-state index in [0.717, 1.165) is 38.5 Å². The van der Waals surface area contributed by atoms with Crippen LogP contribution < -0.4 is 5.32 Å². The number of aliphatic hydroxyl groups is 2. The van der Waals surface area contributed by atoms with Gasteiger partial charge in [-0.1, -0.05) is 39.0 Å². The predicted molar refractivity (Wildman–Crippen MR) is 145 cm³/mol. The number of ether oxygens (including phenoxy) is 3. The molecule has 11 unspecified atom stereocenters. The van der Waals surface area contributed by atoms with E-state index < -0.39 is 35.8 Å². The first-order valence-corrected chi connectivity index (χ1v) is 14.9. The zero-order valence-electron chi connectivity index (χ0n) is 24.2. The SMILES string of the molecule is C=C1C2CC3C(C(C)C)C(OC(=O)NC4CCCCO4)CC3(C)CC2/C(C)=C\CC2C(C)OC(=O)C(O)C12O. The Labute approximate surface area is 232 Å². The molecule has 11 atom stereocenters. The summed E-state index contributed by atoms with van der Waals surface area (Å²) in [5.41, 5.74) is -0.0121. The van der Waals surface area contributed by atoms with Gasteiger partial charge in [0.25, 0.3) is 0 Å². The summed E-state index contributed by atoms with van der Waals surface area (Å²) in [7, 11) is 0. The minimum Gasteiger partial charge on any atom is -0.460 e. The largest absolute Gasteiger partial charge is 0.460 e. The van der Waals surface area contributed by atoms with Crippen LogP contribution in [0.4, 0.5) is 4.79 Å². The van der Waals surface area contributed by atoms with Crippen LogP contribution in [0.15, 0.2) is 23.8 Å². The molecule has 8 nitrogen and oxygen atoms in total. The highest BCUT2D eigenvalue weighted by Crippen LogP contribution is 2.63. The average Bonchev–Trinajstić information content (AvgIpc) is 3.16. The molecule has 5 aliphatic rings. The van der Waals surface area contributed by atoms with Crippen LogP contribution in [0.3, 0.4) is 0 Å². The molecule has 39 heavy (non-hydrogen) atoms. The lowest BCUT2D eigenvalue weighted by atomic mass is 9.53. The van der Waals surface area contributed by atoms with Crippen molar-refractivity contribution in [3.8, 4) is 0 Å². The number of hydrogen-bond acceptors (Lipinski definition) is 7. The third-order valence-corrected chi connectivity index (χ3v) is 10.9. The van der Waals surface area contributed by atoms with E-state index in [1.807, 2.05) is 0 Å². The number of hydrogen-bond donors (Lipinski definition) is 3. The number of fused-ring (bicyclic) bond motifs is 3. The van der Waals surface area contributed by atoms with Crippen molar-refractivity contribution in [2.24, 2.45) is 40.9 Å². The minimum atomic E-state index is -1.75. The molecule has 0 aromatic rings. The maximum Gasteiger partial charge on any atom is 0.409 e. The lowest BCUT2D eigenvalue weighted by Crippen LogP contribution is -2.63. The lowest BCUT2D eigenvalue weighted by Gasteiger charge is -2.54. The Morgan fingerprint density at radius 2 is 1.97 bits per heavy atom. The standard InChI is InChI=1S/C31H47NO7/c1-16(2)26-23-13-20-18(4)31(36)22(19(5)38-28(34)27(31)33)11-10-17(3)21(20)14-30(23,6)15-24(26)39-29(35)32-25-9-7-8-12-37-25/h10,16,19-27,33,36H,4,7-9,11-15H2,1-3,5-6H3,(H,32,35)/b17-10-. The Morgan fingerprint density at radius 1 is 1.23 bits per heavy atom. The van der Waals surface area contributed by atoms with Crippen molar-refractivity contribution >= 4 is 12.1 Å². The molecule has 8 heteroatoms. The zero-order valence-corrected chi connectivity index (χ0v) is 24.2. The highest BCUT2D eigenvalue weighted by atomic mass is 16.6. The fourth-order valence-corrected chi connectivity index (χ4v) is 8.88. The van der Waals surface area contributed by atoms with Gasteiger partial charge in [0, 0.05) is 18.4 Å². The Bertz CT molecular complexity index is 1020. The van der Waals surface area contributed by atoms with Gasteiger partial charge >= 0.3 is 12.1 Å². The average molecular weight is 546 g/mol. The van der Waals surface area contributed by atoms with Crippen LogP contribution in [0, 0.1) is 40.9 Å². The van der Waals surface area contributed by atoms with Crippen LogP contribution in [0.5, 0.6) is 0 Å². The Kier molecular flexibility index (Phi) is 7.70. The van der Waals surface area contributed by atoms with Gasteiger partial charge in [0.05, 0.1) is 0 Å². The molecule has 2 heterocycles. The van der Waals surface area contributed by atoms with Crippen LogP contribution in [0.1, 0.15) is 79.6 Å². The molecule has 2 saturated heterocycles. The minimum absolute atomic E-state index is 0.0591. The number of amides is 1. The number of nitrogens with one attached hydrogen (secondary N) is 1. The summed E-state index contributed by atoms with van der Waals surface area (Å²) < 4.78 is 17.2. The summed E-state index contributed by atoms with van der Waals surface area (Å²) >= 11 is 0. The number of carbonyl (C=O) groups is 2. The molecular weight excluding hydrogens is 498 g/mol. The molecule has 1 amide bonds. The maximum absolute atomic E-state index is 12.9. The first-order valence-electron chi connectivity index (χ1n) is 14.9. The van der Waals surface area contributed by atoms with Crippen molar-refractivity contribution in [1.29, 1.82) is 0 Å². The summed E-state index contributed by atoms with van der Waals surface area (Å²) in [5.74, 6) is -0.580. The molecule has 0 aromatic heterocycles. The molecule has 3 N–H and O–H groups in total. The van der Waals surface area contributed by atoms with Gasteiger partial charge in [0.15, 0.2) is 6.10 Å². The smallest absolute Gasteiger partial charge is 0.409 e. The van der Waals surface area contributed by atoms with Crippen molar-refractivity contribution in [2.45, 2.75) is 110 Å². The van der Waals surface area contributed by atoms with Gasteiger partial charge in [-0.25, -0.2) is 9.59 Å². The molecule has 218 valence electrons. The molecule has 2 aliphatic heterocycles. The molecule has 0 spiro atoms. The van der Waals surface area contributed by atoms with Crippen LogP contribution in [0.25, 0.3) is 0 Å². The fraction of sp³-hybridized carbons (Fsp3) is 0.806. The van der Waals surface area contributed by atoms with Crippen molar-refractivity contribution in [3.63, 3.8) is 0 Å². The topological polar surface area (TPSA) is 114 Å². The normalized spacial score (nSPS) is 47.5. The molecule has 5 rings (SSSR count). The molecule has 3 aliphatic carbocycles. The zero-order chi connectivity index (χ0) is 28.3. The van der Waals surface area contributed by atoms with Crippen LogP contribution in [0.2, 0.25) is 0 Å². The first kappa shape index (κ1) is 28.6. The fourth-order valence-electron chi connectivity index (χ4n) is 8.88. The summed E-state index contributed by atoms with van der Waals surface area (Å²) in [6.45, 7) is 15.7. The molecule has 0 bridgehead atoms. The lowest BCUT2D eigenvalue weighted by molar-refractivity contribution is -0.209. The van der Waals surface area contributed by atoms with E-state index in [0.29, 0.717) is 18.6 Å². The molecule has 0 aromatic carbocycles. The Hall–Kier alpha value is -1.90. The highest BCUT2D eigenvalue weighted by molar-refractivity contribution is 5.78. The summed E-state index contributed by atoms with van der Waals surface area (Å²) in [4.78, 5) is 25.5. The van der Waals surface area contributed by atoms with E-state index in [9.17, 15) is 19.8 Å². The van der Waals surface area contributed by atoms with Gasteiger partial charge in [-0.3, -0.25) is 5.32 Å². The van der Waals surface area contributed by atoms with E-state index in [1.165, 1.54) is 5.57 Å². The van der Waals surface area contributed by atoms with Crippen LogP contribution in [-0.2, 0) is 19.0 Å². The van der Waals surface area contributed by atoms with Crippen LogP contribution in [-0.4, -0.2) is 59.0 Å². The quantitative estimate of drug-likeness (QED) is 0.354. The van der Waals surface area contributed by atoms with Gasteiger partial charge in [0.1, 0.15) is 24.0 Å². The van der Waals surface area contributed by atoms with Crippen molar-refractivity contribution < 1.29 is 34.0 Å². The van der Waals surface area contributed by atoms with E-state index in [1.54, 1.807) is 6.92 Å². The molecule has 0 radical (unpaired) electrons. The molecular formula is C31H47NO7. The Morgan fingerprint density at radius 3 is 2.64 bits per heavy atom. The number of allylic oxidation sites excluding steroid dienone is 2. The summed E-state index contributed by atoms with van der Waals surface area (Å²) in [6.07, 6.45) is 4.79. The number of cyclic esters (lactones) is 1. The number of alkyl carbamates (subject to hydrolysis) is 1. The van der Waals surface area contributed by atoms with Gasteiger partial charge in [-0.2, -0.15) is 0 Å². The predicted octanol–water partition coefficient (Wildman–Crippen LogP) is 4.49. The van der Waals surface area contributed by atoms with Crippen molar-refractivity contribution in [1.82, 2.24) is 5.32 Å². The van der Waals surface area contributed by atoms with E-state index in [-0.39, 0.29) is 47.3 Å². The second-order valence-electron chi connectivity index (χ2n) is 13.6. The van der Waals surface area contributed by atoms with Gasteiger partial charge in [0.2, 0.25) is 0 Å². The third kappa shape index (κ3) is 4.84. The van der Waals surface area contributed by atoms with Gasteiger partial charge < -0.3 is 24.4 Å². The van der Waals surface area contributed by atoms with Crippen molar-refractivity contribution in [3.05, 3.63) is 23.8 Å². The molecule has 2 saturated carbocycles. The molecule has 4 fully saturated rings. The number of rotatable bonds is 3. The number of aliphatic hydroxyl groups excluding tert-OH is 1. The van der Waals surface area contributed by atoms with E-state index in [2.05, 4.69) is 45.7 Å². The van der Waals surface area contributed by atoms with Crippen LogP contribution >= 0.6 is 0 Å². The van der Waals surface area contributed by atoms with Gasteiger partial charge in [-0.05, 0) is 93.5 Å². The maximum atomic E-state index is 12.9. The van der Waals surface area contributed by atoms with E-state index in [4.69, 9.17) is 14.2 Å². The first-order chi connectivity index (χ1) is 18.4. The van der Waals surface area contributed by atoms with E-state index >= 15 is 0 Å². The summed E-state index contributed by atoms with van der Waals surface area (Å²) in [5, 5.41) is 25.9. The Balaban J connectivity index is 1.42. The van der Waals surface area contributed by atoms with Crippen molar-refractivity contribution in [2.75, 3.05) is 6.61 Å². The number of carbonyl (C=O) groups excluding carboxylic acids is 2.